The fourth-order valence-electron chi connectivity index (χ4n) is 3.26. The molecule has 0 aliphatic carbocycles. The predicted octanol–water partition coefficient (Wildman–Crippen LogP) is 3.92. The van der Waals surface area contributed by atoms with Gasteiger partial charge in [-0.1, -0.05) is 35.9 Å². The van der Waals surface area contributed by atoms with E-state index < -0.39 is 6.04 Å². The first-order valence-corrected chi connectivity index (χ1v) is 7.77. The van der Waals surface area contributed by atoms with Crippen LogP contribution in [-0.2, 0) is 0 Å². The van der Waals surface area contributed by atoms with Crippen molar-refractivity contribution < 1.29 is 9.18 Å². The number of fused-ring (bicyclic) bond motifs is 1. The van der Waals surface area contributed by atoms with Gasteiger partial charge in [-0.3, -0.25) is 14.8 Å². The standard InChI is InChI=1S/C19H16FN3O/c1-11-7-9-13(10-8-11)23-18(14-5-3-4-6-15(14)20)16-12(2)21-22-17(16)19(23)24/h3-10,18H,1-2H3,(H,21,22). The third-order valence-electron chi connectivity index (χ3n) is 4.46. The molecule has 0 fully saturated rings. The fraction of sp³-hybridized carbons (Fsp3) is 0.158. The van der Waals surface area contributed by atoms with Crippen LogP contribution in [0, 0.1) is 19.7 Å². The number of carbonyl (C=O) groups excluding carboxylic acids is 1. The van der Waals surface area contributed by atoms with Gasteiger partial charge in [-0.15, -0.1) is 0 Å². The highest BCUT2D eigenvalue weighted by molar-refractivity contribution is 6.10. The molecular weight excluding hydrogens is 305 g/mol. The van der Waals surface area contributed by atoms with Crippen LogP contribution in [0.4, 0.5) is 10.1 Å². The summed E-state index contributed by atoms with van der Waals surface area (Å²) < 4.78 is 14.5. The van der Waals surface area contributed by atoms with Crippen molar-refractivity contribution in [2.24, 2.45) is 0 Å². The number of aromatic nitrogens is 2. The van der Waals surface area contributed by atoms with Gasteiger partial charge in [0.15, 0.2) is 5.69 Å². The van der Waals surface area contributed by atoms with E-state index in [2.05, 4.69) is 10.2 Å². The maximum Gasteiger partial charge on any atom is 0.280 e. The van der Waals surface area contributed by atoms with Gasteiger partial charge in [0.05, 0.1) is 6.04 Å². The number of anilines is 1. The summed E-state index contributed by atoms with van der Waals surface area (Å²) >= 11 is 0. The number of rotatable bonds is 2. The monoisotopic (exact) mass is 321 g/mol. The minimum absolute atomic E-state index is 0.216. The molecule has 1 aliphatic heterocycles. The number of H-pyrrole nitrogens is 1. The third kappa shape index (κ3) is 2.05. The van der Waals surface area contributed by atoms with Gasteiger partial charge >= 0.3 is 0 Å². The molecule has 0 saturated heterocycles. The second kappa shape index (κ2) is 5.30. The van der Waals surface area contributed by atoms with Crippen LogP contribution < -0.4 is 4.90 Å². The molecule has 4 nitrogen and oxygen atoms in total. The molecule has 0 radical (unpaired) electrons. The Balaban J connectivity index is 1.94. The van der Waals surface area contributed by atoms with Crippen molar-refractivity contribution in [2.75, 3.05) is 4.90 Å². The highest BCUT2D eigenvalue weighted by Crippen LogP contribution is 2.42. The Kier molecular flexibility index (Phi) is 3.23. The van der Waals surface area contributed by atoms with Crippen molar-refractivity contribution in [2.45, 2.75) is 19.9 Å². The van der Waals surface area contributed by atoms with Crippen molar-refractivity contribution in [3.05, 3.63) is 82.4 Å². The minimum atomic E-state index is -0.518. The summed E-state index contributed by atoms with van der Waals surface area (Å²) in [5.74, 6) is -0.549. The summed E-state index contributed by atoms with van der Waals surface area (Å²) in [6.45, 7) is 3.84. The number of benzene rings is 2. The number of carbonyl (C=O) groups is 1. The summed E-state index contributed by atoms with van der Waals surface area (Å²) in [5, 5.41) is 6.99. The second-order valence-electron chi connectivity index (χ2n) is 6.05. The van der Waals surface area contributed by atoms with E-state index in [4.69, 9.17) is 0 Å². The average Bonchev–Trinajstić information content (AvgIpc) is 3.08. The van der Waals surface area contributed by atoms with E-state index in [9.17, 15) is 9.18 Å². The maximum absolute atomic E-state index is 14.5. The highest BCUT2D eigenvalue weighted by atomic mass is 19.1. The van der Waals surface area contributed by atoms with Crippen LogP contribution in [0.15, 0.2) is 48.5 Å². The number of aryl methyl sites for hydroxylation is 2. The predicted molar refractivity (Wildman–Crippen MR) is 89.6 cm³/mol. The Morgan fingerprint density at radius 2 is 1.79 bits per heavy atom. The number of halogens is 1. The van der Waals surface area contributed by atoms with Crippen molar-refractivity contribution in [3.63, 3.8) is 0 Å². The topological polar surface area (TPSA) is 49.0 Å². The Hall–Kier alpha value is -2.95. The van der Waals surface area contributed by atoms with Crippen LogP contribution >= 0.6 is 0 Å². The van der Waals surface area contributed by atoms with Crippen molar-refractivity contribution >= 4 is 11.6 Å². The molecule has 0 spiro atoms. The fourth-order valence-corrected chi connectivity index (χ4v) is 3.26. The molecular formula is C19H16FN3O. The first-order valence-electron chi connectivity index (χ1n) is 7.77. The van der Waals surface area contributed by atoms with Crippen LogP contribution in [0.5, 0.6) is 0 Å². The molecule has 4 rings (SSSR count). The van der Waals surface area contributed by atoms with E-state index in [1.54, 1.807) is 23.1 Å². The molecule has 5 heteroatoms. The van der Waals surface area contributed by atoms with Gasteiger partial charge < -0.3 is 0 Å². The van der Waals surface area contributed by atoms with Crippen LogP contribution in [0.25, 0.3) is 0 Å². The number of nitrogens with zero attached hydrogens (tertiary/aromatic N) is 2. The quantitative estimate of drug-likeness (QED) is 0.778. The molecule has 120 valence electrons. The van der Waals surface area contributed by atoms with Crippen molar-refractivity contribution in [1.82, 2.24) is 10.2 Å². The molecule has 2 heterocycles. The lowest BCUT2D eigenvalue weighted by molar-refractivity contribution is 0.0988. The zero-order valence-corrected chi connectivity index (χ0v) is 13.4. The molecule has 0 saturated carbocycles. The van der Waals surface area contributed by atoms with E-state index in [1.165, 1.54) is 6.07 Å². The number of nitrogens with one attached hydrogen (secondary N) is 1. The molecule has 24 heavy (non-hydrogen) atoms. The van der Waals surface area contributed by atoms with E-state index in [0.717, 1.165) is 22.5 Å². The summed E-state index contributed by atoms with van der Waals surface area (Å²) in [4.78, 5) is 14.5. The van der Waals surface area contributed by atoms with Gasteiger partial charge in [0.1, 0.15) is 5.82 Å². The van der Waals surface area contributed by atoms with Gasteiger partial charge in [0.2, 0.25) is 0 Å². The summed E-state index contributed by atoms with van der Waals surface area (Å²) in [6, 6.07) is 13.7. The number of aromatic amines is 1. The Bertz CT molecular complexity index is 930. The van der Waals surface area contributed by atoms with E-state index >= 15 is 0 Å². The van der Waals surface area contributed by atoms with Crippen LogP contribution in [0.3, 0.4) is 0 Å². The number of amides is 1. The first kappa shape index (κ1) is 14.6. The van der Waals surface area contributed by atoms with Gasteiger partial charge in [-0.2, -0.15) is 5.10 Å². The first-order chi connectivity index (χ1) is 11.6. The lowest BCUT2D eigenvalue weighted by Crippen LogP contribution is -2.29. The molecule has 1 atom stereocenters. The molecule has 2 aromatic carbocycles. The summed E-state index contributed by atoms with van der Waals surface area (Å²) in [5.41, 5.74) is 4.18. The van der Waals surface area contributed by atoms with Gasteiger partial charge in [0.25, 0.3) is 5.91 Å². The Morgan fingerprint density at radius 1 is 1.08 bits per heavy atom. The van der Waals surface area contributed by atoms with Crippen molar-refractivity contribution in [3.8, 4) is 0 Å². The Labute approximate surface area is 138 Å². The van der Waals surface area contributed by atoms with Crippen LogP contribution in [0.2, 0.25) is 0 Å². The Morgan fingerprint density at radius 3 is 2.50 bits per heavy atom. The lowest BCUT2D eigenvalue weighted by atomic mass is 9.98. The van der Waals surface area contributed by atoms with E-state index in [-0.39, 0.29) is 11.7 Å². The largest absolute Gasteiger partial charge is 0.295 e. The molecule has 1 amide bonds. The van der Waals surface area contributed by atoms with Crippen molar-refractivity contribution in [1.29, 1.82) is 0 Å². The smallest absolute Gasteiger partial charge is 0.280 e. The van der Waals surface area contributed by atoms with Gasteiger partial charge in [0, 0.05) is 22.5 Å². The molecule has 1 N–H and O–H groups in total. The zero-order valence-electron chi connectivity index (χ0n) is 13.4. The SMILES string of the molecule is Cc1ccc(N2C(=O)c3n[nH]c(C)c3C2c2ccccc2F)cc1. The van der Waals surface area contributed by atoms with Crippen LogP contribution in [0.1, 0.15) is 38.9 Å². The normalized spacial score (nSPS) is 16.5. The van der Waals surface area contributed by atoms with Crippen LogP contribution in [-0.4, -0.2) is 16.1 Å². The molecule has 0 bridgehead atoms. The molecule has 1 aromatic heterocycles. The molecule has 1 unspecified atom stereocenters. The van der Waals surface area contributed by atoms with E-state index in [0.29, 0.717) is 11.3 Å². The summed E-state index contributed by atoms with van der Waals surface area (Å²) in [6.07, 6.45) is 0. The van der Waals surface area contributed by atoms with Gasteiger partial charge in [-0.05, 0) is 32.0 Å². The molecule has 1 aliphatic rings. The van der Waals surface area contributed by atoms with Gasteiger partial charge in [-0.25, -0.2) is 4.39 Å². The second-order valence-corrected chi connectivity index (χ2v) is 6.05. The third-order valence-corrected chi connectivity index (χ3v) is 4.46. The number of hydrogen-bond donors (Lipinski definition) is 1. The minimum Gasteiger partial charge on any atom is -0.295 e. The highest BCUT2D eigenvalue weighted by Gasteiger charge is 2.43. The van der Waals surface area contributed by atoms with E-state index in [1.807, 2.05) is 38.1 Å². The number of hydrogen-bond acceptors (Lipinski definition) is 2. The zero-order chi connectivity index (χ0) is 16.8. The summed E-state index contributed by atoms with van der Waals surface area (Å²) in [7, 11) is 0. The average molecular weight is 321 g/mol. The lowest BCUT2D eigenvalue weighted by Gasteiger charge is -2.26. The maximum atomic E-state index is 14.5. The molecule has 3 aromatic rings.